The minimum absolute atomic E-state index is 0.0858. The first-order valence-corrected chi connectivity index (χ1v) is 13.2. The summed E-state index contributed by atoms with van der Waals surface area (Å²) in [5.74, 6) is -1.00. The first-order valence-electron chi connectivity index (χ1n) is 13.2. The average Bonchev–Trinajstić information content (AvgIpc) is 2.99. The van der Waals surface area contributed by atoms with Crippen molar-refractivity contribution >= 4 is 66.5 Å². The third-order valence-electron chi connectivity index (χ3n) is 7.73. The molecule has 0 radical (unpaired) electrons. The Kier molecular flexibility index (Phi) is 5.51. The third-order valence-corrected chi connectivity index (χ3v) is 7.73. The van der Waals surface area contributed by atoms with E-state index >= 15 is 0 Å². The molecule has 0 saturated carbocycles. The van der Waals surface area contributed by atoms with E-state index < -0.39 is 5.97 Å². The Labute approximate surface area is 234 Å². The van der Waals surface area contributed by atoms with Crippen LogP contribution in [0.2, 0.25) is 0 Å². The number of aromatic carboxylic acids is 1. The lowest BCUT2D eigenvalue weighted by molar-refractivity contribution is 0.0697. The summed E-state index contributed by atoms with van der Waals surface area (Å²) >= 11 is 0. The molecule has 0 saturated heterocycles. The molecule has 6 heteroatoms. The summed E-state index contributed by atoms with van der Waals surface area (Å²) in [5.41, 5.74) is 11.3. The van der Waals surface area contributed by atoms with E-state index in [1.807, 2.05) is 79.8 Å². The number of anilines is 3. The van der Waals surface area contributed by atoms with E-state index in [2.05, 4.69) is 11.0 Å². The molecule has 1 aromatic heterocycles. The maximum absolute atomic E-state index is 12.3. The number of rotatable bonds is 4. The molecule has 0 unspecified atom stereocenters. The molecule has 0 aliphatic carbocycles. The summed E-state index contributed by atoms with van der Waals surface area (Å²) in [6.07, 6.45) is 0. The fraction of sp³-hybridized carbons (Fsp3) is 0.0286. The molecular weight excluding hydrogens is 512 g/mol. The van der Waals surface area contributed by atoms with Crippen LogP contribution in [-0.2, 0) is 0 Å². The minimum atomic E-state index is -1.00. The molecule has 0 aliphatic rings. The van der Waals surface area contributed by atoms with Gasteiger partial charge in [-0.05, 0) is 95.2 Å². The number of nitrogens with zero attached hydrogens (tertiary/aromatic N) is 1. The molecular formula is C35H24N2O4. The summed E-state index contributed by atoms with van der Waals surface area (Å²) in [5, 5.41) is 15.1. The van der Waals surface area contributed by atoms with Crippen molar-refractivity contribution in [3.8, 4) is 11.1 Å². The Morgan fingerprint density at radius 2 is 1.29 bits per heavy atom. The fourth-order valence-corrected chi connectivity index (χ4v) is 5.66. The standard InChI is InChI=1S/C35H24N2O4/c1-37(23-10-8-22(36)9-11-23)24-12-16-26-20(18-24)6-14-30-32(28-4-2-3-5-29(28)35(39)40)31-15-7-21-19-25(38)13-17-27(21)34(31)41-33(26)30/h2-19H,36H2,1H3,(H,39,40). The van der Waals surface area contributed by atoms with Crippen molar-refractivity contribution in [2.24, 2.45) is 0 Å². The lowest BCUT2D eigenvalue weighted by Crippen LogP contribution is -2.09. The molecule has 6 aromatic carbocycles. The van der Waals surface area contributed by atoms with Gasteiger partial charge in [0.2, 0.25) is 0 Å². The second-order valence-corrected chi connectivity index (χ2v) is 10.2. The summed E-state index contributed by atoms with van der Waals surface area (Å²) in [4.78, 5) is 26.5. The molecule has 7 rings (SSSR count). The highest BCUT2D eigenvalue weighted by Crippen LogP contribution is 2.43. The number of nitrogens with two attached hydrogens (primary N) is 1. The normalized spacial score (nSPS) is 11.4. The Balaban J connectivity index is 1.56. The van der Waals surface area contributed by atoms with Crippen LogP contribution in [0.1, 0.15) is 10.4 Å². The van der Waals surface area contributed by atoms with Crippen molar-refractivity contribution in [1.29, 1.82) is 0 Å². The Bertz CT molecular complexity index is 2230. The molecule has 7 aromatic rings. The Hall–Kier alpha value is -5.62. The summed E-state index contributed by atoms with van der Waals surface area (Å²) in [6, 6.07) is 33.6. The zero-order valence-electron chi connectivity index (χ0n) is 22.1. The number of hydrogen-bond acceptors (Lipinski definition) is 5. The monoisotopic (exact) mass is 536 g/mol. The van der Waals surface area contributed by atoms with E-state index in [1.165, 1.54) is 6.07 Å². The van der Waals surface area contributed by atoms with Gasteiger partial charge in [0.15, 0.2) is 5.43 Å². The van der Waals surface area contributed by atoms with Gasteiger partial charge >= 0.3 is 5.97 Å². The number of carboxylic acid groups (broad SMARTS) is 1. The van der Waals surface area contributed by atoms with Crippen LogP contribution in [0.4, 0.5) is 17.1 Å². The van der Waals surface area contributed by atoms with E-state index in [-0.39, 0.29) is 11.0 Å². The lowest BCUT2D eigenvalue weighted by atomic mass is 9.91. The molecule has 0 bridgehead atoms. The molecule has 1 heterocycles. The van der Waals surface area contributed by atoms with Gasteiger partial charge in [-0.2, -0.15) is 0 Å². The van der Waals surface area contributed by atoms with Crippen molar-refractivity contribution in [1.82, 2.24) is 0 Å². The van der Waals surface area contributed by atoms with Crippen molar-refractivity contribution in [2.75, 3.05) is 17.7 Å². The SMILES string of the molecule is CN(c1ccc(N)cc1)c1ccc2c(ccc3c(-c4ccccc4C(=O)O)c4ccc5cc(=O)ccc5c4oc32)c1. The zero-order valence-corrected chi connectivity index (χ0v) is 22.1. The number of fused-ring (bicyclic) bond motifs is 6. The molecule has 0 atom stereocenters. The summed E-state index contributed by atoms with van der Waals surface area (Å²) in [7, 11) is 2.00. The van der Waals surface area contributed by atoms with Crippen LogP contribution in [0.5, 0.6) is 0 Å². The van der Waals surface area contributed by atoms with Gasteiger partial charge in [0.05, 0.1) is 5.56 Å². The van der Waals surface area contributed by atoms with Gasteiger partial charge in [0.25, 0.3) is 0 Å². The quantitative estimate of drug-likeness (QED) is 0.135. The Morgan fingerprint density at radius 1 is 0.707 bits per heavy atom. The fourth-order valence-electron chi connectivity index (χ4n) is 5.66. The van der Waals surface area contributed by atoms with Gasteiger partial charge in [0, 0.05) is 51.2 Å². The Morgan fingerprint density at radius 3 is 1.98 bits per heavy atom. The predicted octanol–water partition coefficient (Wildman–Crippen LogP) is 7.97. The maximum atomic E-state index is 12.3. The van der Waals surface area contributed by atoms with Gasteiger partial charge in [-0.15, -0.1) is 0 Å². The number of nitrogen functional groups attached to an aromatic ring is 1. The number of carbonyl (C=O) groups is 1. The average molecular weight is 537 g/mol. The van der Waals surface area contributed by atoms with Crippen molar-refractivity contribution in [3.63, 3.8) is 0 Å². The molecule has 0 fully saturated rings. The molecule has 0 spiro atoms. The highest BCUT2D eigenvalue weighted by atomic mass is 16.4. The van der Waals surface area contributed by atoms with E-state index in [9.17, 15) is 14.7 Å². The topological polar surface area (TPSA) is 96.8 Å². The van der Waals surface area contributed by atoms with Gasteiger partial charge in [-0.25, -0.2) is 4.79 Å². The zero-order chi connectivity index (χ0) is 28.2. The van der Waals surface area contributed by atoms with Gasteiger partial charge in [0.1, 0.15) is 11.2 Å². The highest BCUT2D eigenvalue weighted by Gasteiger charge is 2.20. The molecule has 3 N–H and O–H groups in total. The predicted molar refractivity (Wildman–Crippen MR) is 166 cm³/mol. The lowest BCUT2D eigenvalue weighted by Gasteiger charge is -2.21. The van der Waals surface area contributed by atoms with Crippen LogP contribution in [0, 0.1) is 0 Å². The molecule has 6 nitrogen and oxygen atoms in total. The van der Waals surface area contributed by atoms with E-state index in [0.29, 0.717) is 22.4 Å². The number of hydrogen-bond donors (Lipinski definition) is 2. The van der Waals surface area contributed by atoms with Gasteiger partial charge in [-0.1, -0.05) is 30.3 Å². The molecule has 0 amide bonds. The van der Waals surface area contributed by atoms with E-state index in [0.717, 1.165) is 49.3 Å². The first-order chi connectivity index (χ1) is 19.9. The first kappa shape index (κ1) is 24.4. The van der Waals surface area contributed by atoms with Crippen LogP contribution >= 0.6 is 0 Å². The largest absolute Gasteiger partial charge is 0.478 e. The van der Waals surface area contributed by atoms with Crippen molar-refractivity contribution < 1.29 is 14.3 Å². The van der Waals surface area contributed by atoms with Gasteiger partial charge in [-0.3, -0.25) is 4.79 Å². The highest BCUT2D eigenvalue weighted by molar-refractivity contribution is 6.21. The molecule has 0 aliphatic heterocycles. The summed E-state index contributed by atoms with van der Waals surface area (Å²) in [6.45, 7) is 0. The van der Waals surface area contributed by atoms with Crippen LogP contribution in [0.25, 0.3) is 54.6 Å². The van der Waals surface area contributed by atoms with Crippen molar-refractivity contribution in [3.05, 3.63) is 125 Å². The second kappa shape index (κ2) is 9.24. The number of benzene rings is 6. The van der Waals surface area contributed by atoms with Crippen LogP contribution in [0.3, 0.4) is 0 Å². The van der Waals surface area contributed by atoms with E-state index in [1.54, 1.807) is 24.3 Å². The van der Waals surface area contributed by atoms with Crippen LogP contribution in [-0.4, -0.2) is 18.1 Å². The van der Waals surface area contributed by atoms with Gasteiger partial charge < -0.3 is 20.2 Å². The van der Waals surface area contributed by atoms with Crippen molar-refractivity contribution in [2.45, 2.75) is 0 Å². The maximum Gasteiger partial charge on any atom is 0.336 e. The number of carboxylic acids is 1. The van der Waals surface area contributed by atoms with E-state index in [4.69, 9.17) is 10.2 Å². The third kappa shape index (κ3) is 3.96. The minimum Gasteiger partial charge on any atom is -0.478 e. The summed E-state index contributed by atoms with van der Waals surface area (Å²) < 4.78 is 6.70. The second-order valence-electron chi connectivity index (χ2n) is 10.2. The van der Waals surface area contributed by atoms with Crippen LogP contribution in [0.15, 0.2) is 118 Å². The molecule has 198 valence electrons. The van der Waals surface area contributed by atoms with Crippen LogP contribution < -0.4 is 16.1 Å². The smallest absolute Gasteiger partial charge is 0.336 e. The molecule has 41 heavy (non-hydrogen) atoms.